The van der Waals surface area contributed by atoms with Crippen molar-refractivity contribution in [2.24, 2.45) is 0 Å². The van der Waals surface area contributed by atoms with Crippen molar-refractivity contribution in [2.45, 2.75) is 25.8 Å². The first kappa shape index (κ1) is 19.6. The van der Waals surface area contributed by atoms with Gasteiger partial charge in [-0.2, -0.15) is 0 Å². The van der Waals surface area contributed by atoms with Gasteiger partial charge in [-0.25, -0.2) is 9.78 Å². The highest BCUT2D eigenvalue weighted by Crippen LogP contribution is 2.36. The molecule has 0 amide bonds. The van der Waals surface area contributed by atoms with Gasteiger partial charge in [0.15, 0.2) is 6.10 Å². The summed E-state index contributed by atoms with van der Waals surface area (Å²) in [7, 11) is 2.15. The number of nitrogens with zero attached hydrogens (tertiary/aromatic N) is 4. The summed E-state index contributed by atoms with van der Waals surface area (Å²) in [6.45, 7) is 5.41. The molecule has 3 aromatic rings. The molecule has 1 unspecified atom stereocenters. The zero-order chi connectivity index (χ0) is 22.0. The molecule has 1 N–H and O–H groups in total. The van der Waals surface area contributed by atoms with Crippen LogP contribution in [0.2, 0.25) is 0 Å². The van der Waals surface area contributed by atoms with Crippen molar-refractivity contribution in [1.29, 1.82) is 0 Å². The Kier molecular flexibility index (Phi) is 4.43. The van der Waals surface area contributed by atoms with Crippen molar-refractivity contribution < 1.29 is 14.6 Å². The average molecular weight is 432 g/mol. The molecule has 2 aromatic heterocycles. The molecule has 8 nitrogen and oxygen atoms in total. The molecule has 0 spiro atoms. The van der Waals surface area contributed by atoms with Crippen molar-refractivity contribution in [3.63, 3.8) is 0 Å². The fourth-order valence-electron chi connectivity index (χ4n) is 5.00. The maximum Gasteiger partial charge on any atom is 0.340 e. The van der Waals surface area contributed by atoms with Crippen LogP contribution in [0.5, 0.6) is 0 Å². The van der Waals surface area contributed by atoms with Crippen LogP contribution in [0.25, 0.3) is 22.3 Å². The Bertz CT molecular complexity index is 1320. The number of hydrogen-bond acceptors (Lipinski definition) is 7. The van der Waals surface area contributed by atoms with E-state index in [9.17, 15) is 14.7 Å². The predicted molar refractivity (Wildman–Crippen MR) is 118 cm³/mol. The number of rotatable bonds is 2. The molecule has 1 fully saturated rings. The summed E-state index contributed by atoms with van der Waals surface area (Å²) in [5, 5.41) is 11.4. The van der Waals surface area contributed by atoms with Gasteiger partial charge >= 0.3 is 5.97 Å². The number of pyridine rings is 2. The van der Waals surface area contributed by atoms with Gasteiger partial charge in [0.2, 0.25) is 0 Å². The Morgan fingerprint density at radius 1 is 1.16 bits per heavy atom. The zero-order valence-electron chi connectivity index (χ0n) is 17.9. The molecule has 0 saturated carbocycles. The molecule has 1 atom stereocenters. The van der Waals surface area contributed by atoms with Crippen LogP contribution in [-0.2, 0) is 29.2 Å². The van der Waals surface area contributed by atoms with E-state index in [-0.39, 0.29) is 12.2 Å². The highest BCUT2D eigenvalue weighted by atomic mass is 16.5. The number of benzene rings is 1. The van der Waals surface area contributed by atoms with E-state index in [0.717, 1.165) is 54.9 Å². The quantitative estimate of drug-likeness (QED) is 0.477. The standard InChI is InChI=1S/C24H24N4O4/c1-26-5-7-27(8-6-26)11-14-3-2-4-19-16(14)9-15-12-28-20(21(15)25-19)10-17-18(23(28)30)13-32-24(31)22(17)29/h2-4,9-10,22,29H,5-8,11-13H2,1H3. The second kappa shape index (κ2) is 7.23. The first-order valence-electron chi connectivity index (χ1n) is 10.9. The first-order valence-corrected chi connectivity index (χ1v) is 10.9. The van der Waals surface area contributed by atoms with Gasteiger partial charge in [0.25, 0.3) is 5.56 Å². The van der Waals surface area contributed by atoms with Crippen molar-refractivity contribution in [2.75, 3.05) is 33.2 Å². The normalized spacial score (nSPS) is 20.7. The van der Waals surface area contributed by atoms with Gasteiger partial charge in [0.1, 0.15) is 6.61 Å². The number of likely N-dealkylation sites (N-methyl/N-ethyl adjacent to an activating group) is 1. The first-order chi connectivity index (χ1) is 15.5. The SMILES string of the molecule is CN1CCN(Cc2cccc3nc4c(cc23)Cn2c-4cc3c(c2=O)COC(=O)C3O)CC1. The van der Waals surface area contributed by atoms with Crippen LogP contribution in [0, 0.1) is 0 Å². The lowest BCUT2D eigenvalue weighted by Crippen LogP contribution is -2.43. The molecule has 164 valence electrons. The van der Waals surface area contributed by atoms with E-state index in [0.29, 0.717) is 23.4 Å². The monoisotopic (exact) mass is 432 g/mol. The molecule has 5 heterocycles. The Hall–Kier alpha value is -3.07. The summed E-state index contributed by atoms with van der Waals surface area (Å²) < 4.78 is 6.63. The van der Waals surface area contributed by atoms with Crippen molar-refractivity contribution in [3.8, 4) is 11.4 Å². The lowest BCUT2D eigenvalue weighted by atomic mass is 10.00. The van der Waals surface area contributed by atoms with E-state index in [4.69, 9.17) is 9.72 Å². The van der Waals surface area contributed by atoms with E-state index in [1.807, 2.05) is 12.1 Å². The molecule has 8 heteroatoms. The molecule has 3 aliphatic heterocycles. The highest BCUT2D eigenvalue weighted by molar-refractivity contribution is 5.87. The summed E-state index contributed by atoms with van der Waals surface area (Å²) in [6, 6.07) is 10.0. The third-order valence-electron chi connectivity index (χ3n) is 6.90. The topological polar surface area (TPSA) is 87.9 Å². The van der Waals surface area contributed by atoms with Gasteiger partial charge in [-0.05, 0) is 30.8 Å². The number of aromatic nitrogens is 2. The van der Waals surface area contributed by atoms with E-state index >= 15 is 0 Å². The number of ether oxygens (including phenoxy) is 1. The molecule has 1 aromatic carbocycles. The van der Waals surface area contributed by atoms with Crippen LogP contribution < -0.4 is 5.56 Å². The minimum Gasteiger partial charge on any atom is -0.458 e. The Balaban J connectivity index is 1.43. The van der Waals surface area contributed by atoms with Crippen molar-refractivity contribution in [3.05, 3.63) is 62.9 Å². The molecule has 3 aliphatic rings. The number of piperazine rings is 1. The molecule has 0 bridgehead atoms. The number of carbonyl (C=O) groups excluding carboxylic acids is 1. The van der Waals surface area contributed by atoms with Gasteiger partial charge in [0.05, 0.1) is 29.0 Å². The van der Waals surface area contributed by atoms with E-state index < -0.39 is 12.1 Å². The minimum absolute atomic E-state index is 0.106. The number of esters is 1. The smallest absolute Gasteiger partial charge is 0.340 e. The summed E-state index contributed by atoms with van der Waals surface area (Å²) in [6.07, 6.45) is -1.43. The summed E-state index contributed by atoms with van der Waals surface area (Å²) in [5.74, 6) is -0.722. The van der Waals surface area contributed by atoms with Gasteiger partial charge in [-0.15, -0.1) is 0 Å². The maximum absolute atomic E-state index is 13.1. The van der Waals surface area contributed by atoms with Gasteiger partial charge < -0.3 is 19.3 Å². The predicted octanol–water partition coefficient (Wildman–Crippen LogP) is 1.26. The molecular formula is C24H24N4O4. The number of cyclic esters (lactones) is 1. The average Bonchev–Trinajstić information content (AvgIpc) is 3.15. The molecular weight excluding hydrogens is 408 g/mol. The van der Waals surface area contributed by atoms with Gasteiger partial charge in [-0.3, -0.25) is 9.69 Å². The summed E-state index contributed by atoms with van der Waals surface area (Å²) in [5.41, 5.74) is 4.91. The van der Waals surface area contributed by atoms with Crippen LogP contribution in [0.15, 0.2) is 35.1 Å². The fraction of sp³-hybridized carbons (Fsp3) is 0.375. The van der Waals surface area contributed by atoms with Crippen molar-refractivity contribution in [1.82, 2.24) is 19.4 Å². The number of fused-ring (bicyclic) bond motifs is 5. The minimum atomic E-state index is -1.43. The van der Waals surface area contributed by atoms with E-state index in [1.54, 1.807) is 10.6 Å². The zero-order valence-corrected chi connectivity index (χ0v) is 17.9. The number of hydrogen-bond donors (Lipinski definition) is 1. The van der Waals surface area contributed by atoms with Crippen LogP contribution in [-0.4, -0.2) is 63.7 Å². The molecule has 6 rings (SSSR count). The summed E-state index contributed by atoms with van der Waals surface area (Å²) >= 11 is 0. The summed E-state index contributed by atoms with van der Waals surface area (Å²) in [4.78, 5) is 34.6. The second-order valence-electron chi connectivity index (χ2n) is 8.92. The Labute approximate surface area is 184 Å². The highest BCUT2D eigenvalue weighted by Gasteiger charge is 2.33. The molecule has 0 radical (unpaired) electrons. The number of aliphatic hydroxyl groups is 1. The van der Waals surface area contributed by atoms with Crippen LogP contribution in [0.3, 0.4) is 0 Å². The lowest BCUT2D eigenvalue weighted by Gasteiger charge is -2.32. The van der Waals surface area contributed by atoms with Crippen LogP contribution in [0.1, 0.15) is 28.4 Å². The second-order valence-corrected chi connectivity index (χ2v) is 8.92. The number of carbonyl (C=O) groups is 1. The van der Waals surface area contributed by atoms with Crippen LogP contribution in [0.4, 0.5) is 0 Å². The fourth-order valence-corrected chi connectivity index (χ4v) is 5.00. The van der Waals surface area contributed by atoms with Crippen molar-refractivity contribution >= 4 is 16.9 Å². The largest absolute Gasteiger partial charge is 0.458 e. The van der Waals surface area contributed by atoms with Crippen LogP contribution >= 0.6 is 0 Å². The van der Waals surface area contributed by atoms with Gasteiger partial charge in [-0.1, -0.05) is 12.1 Å². The molecule has 0 aliphatic carbocycles. The van der Waals surface area contributed by atoms with Gasteiger partial charge in [0, 0.05) is 49.2 Å². The Morgan fingerprint density at radius 3 is 2.78 bits per heavy atom. The Morgan fingerprint density at radius 2 is 1.97 bits per heavy atom. The van der Waals surface area contributed by atoms with E-state index in [1.165, 1.54) is 5.56 Å². The maximum atomic E-state index is 13.1. The molecule has 32 heavy (non-hydrogen) atoms. The third-order valence-corrected chi connectivity index (χ3v) is 6.90. The third kappa shape index (κ3) is 2.98. The lowest BCUT2D eigenvalue weighted by molar-refractivity contribution is -0.157. The molecule has 1 saturated heterocycles. The number of aliphatic hydroxyl groups excluding tert-OH is 1. The van der Waals surface area contributed by atoms with E-state index in [2.05, 4.69) is 29.0 Å².